The summed E-state index contributed by atoms with van der Waals surface area (Å²) >= 11 is 0. The molecule has 0 aromatic rings. The summed E-state index contributed by atoms with van der Waals surface area (Å²) in [6, 6.07) is 0. The number of hydrogen-bond acceptors (Lipinski definition) is 8. The monoisotopic (exact) mass is 352 g/mol. The van der Waals surface area contributed by atoms with Crippen molar-refractivity contribution in [3.8, 4) is 0 Å². The van der Waals surface area contributed by atoms with Crippen molar-refractivity contribution in [3.05, 3.63) is 0 Å². The normalized spacial score (nSPS) is 10.2. The zero-order valence-corrected chi connectivity index (χ0v) is 14.7. The van der Waals surface area contributed by atoms with Crippen molar-refractivity contribution < 1.29 is 55.6 Å². The maximum absolute atomic E-state index is 8.48. The Balaban J connectivity index is -0.000000119. The molecular weight excluding hydrogens is 326 g/mol. The van der Waals surface area contributed by atoms with Crippen LogP contribution >= 0.6 is 0 Å². The second-order valence-electron chi connectivity index (χ2n) is 3.85. The molecule has 20 heavy (non-hydrogen) atoms. The van der Waals surface area contributed by atoms with Gasteiger partial charge in [-0.05, 0) is 0 Å². The average Bonchev–Trinajstić information content (AvgIpc) is 2.39. The van der Waals surface area contributed by atoms with Crippen molar-refractivity contribution >= 4 is 0 Å². The van der Waals surface area contributed by atoms with Crippen molar-refractivity contribution in [1.82, 2.24) is 4.90 Å². The molecule has 10 N–H and O–H groups in total. The van der Waals surface area contributed by atoms with Gasteiger partial charge in [-0.2, -0.15) is 0 Å². The number of rotatable bonds is 9. The molecule has 0 aromatic heterocycles. The van der Waals surface area contributed by atoms with Gasteiger partial charge in [-0.15, -0.1) is 0 Å². The van der Waals surface area contributed by atoms with Crippen LogP contribution in [0.25, 0.3) is 0 Å². The van der Waals surface area contributed by atoms with Crippen LogP contribution in [0.15, 0.2) is 0 Å². The Kier molecular flexibility index (Phi) is 27.4. The first-order valence-electron chi connectivity index (χ1n) is 5.70. The third kappa shape index (κ3) is 16.3. The fourth-order valence-electron chi connectivity index (χ4n) is 0.910. The molecule has 0 rings (SSSR count). The second kappa shape index (κ2) is 19.3. The largest absolute Gasteiger partial charge is 0.412 e. The van der Waals surface area contributed by atoms with Gasteiger partial charge in [0.2, 0.25) is 0 Å². The summed E-state index contributed by atoms with van der Waals surface area (Å²) in [7, 11) is 0. The Morgan fingerprint density at radius 3 is 1.05 bits per heavy atom. The standard InChI is InChI=1S/C6H15NO3.C4H11NO3.H2O.Zn/c8-4-1-7(2-5-9)3-6-10;5-4(1-6,2-7)3-8;;/h8-10H,1-6H2;6-8H,1-3,5H2;1H2;. The van der Waals surface area contributed by atoms with E-state index in [9.17, 15) is 0 Å². The number of nitrogens with two attached hydrogens (primary N) is 1. The van der Waals surface area contributed by atoms with Gasteiger partial charge in [0.1, 0.15) is 0 Å². The molecule has 0 bridgehead atoms. The molecule has 0 radical (unpaired) electrons. The smallest absolute Gasteiger partial charge is 0.0856 e. The van der Waals surface area contributed by atoms with Crippen LogP contribution in [0.5, 0.6) is 0 Å². The van der Waals surface area contributed by atoms with Crippen molar-refractivity contribution in [3.63, 3.8) is 0 Å². The predicted octanol–water partition coefficient (Wildman–Crippen LogP) is -4.90. The van der Waals surface area contributed by atoms with Gasteiger partial charge in [-0.25, -0.2) is 0 Å². The van der Waals surface area contributed by atoms with Gasteiger partial charge in [0.15, 0.2) is 0 Å². The number of aliphatic hydroxyl groups excluding tert-OH is 6. The van der Waals surface area contributed by atoms with Gasteiger partial charge in [-0.3, -0.25) is 4.90 Å². The third-order valence-electron chi connectivity index (χ3n) is 2.19. The SMILES string of the molecule is NC(CO)(CO)CO.O.OCCN(CCO)CCO.[Zn]. The summed E-state index contributed by atoms with van der Waals surface area (Å²) in [5.41, 5.74) is 3.94. The average molecular weight is 354 g/mol. The van der Waals surface area contributed by atoms with Crippen molar-refractivity contribution in [2.75, 3.05) is 59.3 Å². The molecule has 0 amide bonds. The topological polar surface area (TPSA) is 182 Å². The Hall–Kier alpha value is 0.263. The van der Waals surface area contributed by atoms with Crippen LogP contribution in [0.3, 0.4) is 0 Å². The molecule has 122 valence electrons. The molecule has 0 aliphatic heterocycles. The van der Waals surface area contributed by atoms with E-state index < -0.39 is 25.4 Å². The van der Waals surface area contributed by atoms with E-state index in [-0.39, 0.29) is 44.8 Å². The van der Waals surface area contributed by atoms with Gasteiger partial charge in [0.05, 0.1) is 45.2 Å². The van der Waals surface area contributed by atoms with E-state index in [1.807, 2.05) is 0 Å². The molecular formula is C10H28N2O7Zn. The number of nitrogens with zero attached hydrogens (tertiary/aromatic N) is 1. The minimum atomic E-state index is -1.21. The first-order chi connectivity index (χ1) is 8.53. The molecule has 0 fully saturated rings. The van der Waals surface area contributed by atoms with E-state index in [1.54, 1.807) is 4.90 Å². The summed E-state index contributed by atoms with van der Waals surface area (Å²) in [5, 5.41) is 50.5. The second-order valence-corrected chi connectivity index (χ2v) is 3.85. The van der Waals surface area contributed by atoms with Gasteiger partial charge in [0.25, 0.3) is 0 Å². The Morgan fingerprint density at radius 1 is 0.700 bits per heavy atom. The van der Waals surface area contributed by atoms with Crippen LogP contribution in [0.1, 0.15) is 0 Å². The Bertz CT molecular complexity index is 153. The summed E-state index contributed by atoms with van der Waals surface area (Å²) in [4.78, 5) is 1.79. The van der Waals surface area contributed by atoms with E-state index in [1.165, 1.54) is 0 Å². The first kappa shape index (κ1) is 28.4. The molecule has 0 unspecified atom stereocenters. The first-order valence-corrected chi connectivity index (χ1v) is 5.70. The molecule has 0 aromatic carbocycles. The van der Waals surface area contributed by atoms with Crippen LogP contribution < -0.4 is 5.73 Å². The predicted molar refractivity (Wildman–Crippen MR) is 69.5 cm³/mol. The van der Waals surface area contributed by atoms with Gasteiger partial charge in [0, 0.05) is 39.1 Å². The summed E-state index contributed by atoms with van der Waals surface area (Å²) < 4.78 is 0. The molecule has 0 saturated heterocycles. The van der Waals surface area contributed by atoms with Crippen LogP contribution in [0, 0.1) is 0 Å². The summed E-state index contributed by atoms with van der Waals surface area (Å²) in [6.07, 6.45) is 0. The van der Waals surface area contributed by atoms with Crippen LogP contribution in [0.2, 0.25) is 0 Å². The van der Waals surface area contributed by atoms with Gasteiger partial charge in [-0.1, -0.05) is 0 Å². The minimum Gasteiger partial charge on any atom is -0.412 e. The van der Waals surface area contributed by atoms with E-state index in [0.29, 0.717) is 19.6 Å². The van der Waals surface area contributed by atoms with Crippen molar-refractivity contribution in [2.45, 2.75) is 5.54 Å². The van der Waals surface area contributed by atoms with Gasteiger partial charge >= 0.3 is 0 Å². The third-order valence-corrected chi connectivity index (χ3v) is 2.19. The summed E-state index contributed by atoms with van der Waals surface area (Å²) in [6.45, 7) is 0.545. The Labute approximate surface area is 131 Å². The zero-order valence-electron chi connectivity index (χ0n) is 11.8. The minimum absolute atomic E-state index is 0. The molecule has 0 atom stereocenters. The summed E-state index contributed by atoms with van der Waals surface area (Å²) in [5.74, 6) is 0. The van der Waals surface area contributed by atoms with E-state index >= 15 is 0 Å². The van der Waals surface area contributed by atoms with E-state index in [0.717, 1.165) is 0 Å². The zero-order chi connectivity index (χ0) is 14.4. The van der Waals surface area contributed by atoms with Crippen LogP contribution in [-0.2, 0) is 19.5 Å². The fraction of sp³-hybridized carbons (Fsp3) is 1.00. The maximum Gasteiger partial charge on any atom is 0.0856 e. The van der Waals surface area contributed by atoms with Crippen LogP contribution in [-0.4, -0.2) is 106 Å². The number of aliphatic hydroxyl groups is 6. The number of hydrogen-bond donors (Lipinski definition) is 7. The van der Waals surface area contributed by atoms with Crippen molar-refractivity contribution in [2.24, 2.45) is 5.73 Å². The quantitative estimate of drug-likeness (QED) is 0.201. The van der Waals surface area contributed by atoms with E-state index in [4.69, 9.17) is 36.4 Å². The molecule has 0 aliphatic rings. The molecule has 0 spiro atoms. The molecule has 10 heteroatoms. The molecule has 9 nitrogen and oxygen atoms in total. The molecule has 0 heterocycles. The fourth-order valence-corrected chi connectivity index (χ4v) is 0.910. The molecule has 0 saturated carbocycles. The molecule has 0 aliphatic carbocycles. The van der Waals surface area contributed by atoms with Crippen LogP contribution in [0.4, 0.5) is 0 Å². The maximum atomic E-state index is 8.48. The van der Waals surface area contributed by atoms with Crippen molar-refractivity contribution in [1.29, 1.82) is 0 Å². The van der Waals surface area contributed by atoms with E-state index in [2.05, 4.69) is 0 Å². The van der Waals surface area contributed by atoms with Gasteiger partial charge < -0.3 is 41.8 Å². The Morgan fingerprint density at radius 2 is 0.950 bits per heavy atom.